The van der Waals surface area contributed by atoms with E-state index < -0.39 is 5.97 Å². The third kappa shape index (κ3) is 1.79. The second-order valence-electron chi connectivity index (χ2n) is 3.53. The van der Waals surface area contributed by atoms with E-state index in [2.05, 4.69) is 15.3 Å². The molecule has 3 N–H and O–H groups in total. The maximum atomic E-state index is 10.8. The number of aromatic nitrogens is 3. The molecule has 0 aromatic carbocycles. The van der Waals surface area contributed by atoms with E-state index in [1.807, 2.05) is 0 Å². The summed E-state index contributed by atoms with van der Waals surface area (Å²) in [5.74, 6) is -1.03. The summed E-state index contributed by atoms with van der Waals surface area (Å²) in [6, 6.07) is 2.61. The minimum absolute atomic E-state index is 0.0311. The summed E-state index contributed by atoms with van der Waals surface area (Å²) in [6.07, 6.45) is 1.31. The zero-order valence-electron chi connectivity index (χ0n) is 9.36. The fraction of sp³-hybridized carbons (Fsp3) is 0.100. The van der Waals surface area contributed by atoms with Crippen LogP contribution in [0.2, 0.25) is 0 Å². The van der Waals surface area contributed by atoms with Crippen molar-refractivity contribution in [1.82, 2.24) is 14.8 Å². The van der Waals surface area contributed by atoms with Gasteiger partial charge in [0.25, 0.3) is 0 Å². The molecule has 2 heterocycles. The highest BCUT2D eigenvalue weighted by atomic mass is 16.4. The van der Waals surface area contributed by atoms with Gasteiger partial charge in [-0.3, -0.25) is 0 Å². The molecule has 0 bridgehead atoms. The molecule has 0 saturated carbocycles. The largest absolute Gasteiger partial charge is 0.478 e. The Morgan fingerprint density at radius 1 is 1.56 bits per heavy atom. The summed E-state index contributed by atoms with van der Waals surface area (Å²) in [5, 5.41) is 15.6. The topological polar surface area (TPSA) is 123 Å². The van der Waals surface area contributed by atoms with Crippen LogP contribution in [0.3, 0.4) is 0 Å². The molecule has 0 saturated heterocycles. The number of hydrogen-bond acceptors (Lipinski definition) is 6. The van der Waals surface area contributed by atoms with Gasteiger partial charge >= 0.3 is 5.97 Å². The van der Waals surface area contributed by atoms with Crippen LogP contribution in [0.5, 0.6) is 0 Å². The summed E-state index contributed by atoms with van der Waals surface area (Å²) >= 11 is 0. The number of aryl methyl sites for hydroxylation is 1. The van der Waals surface area contributed by atoms with Crippen molar-refractivity contribution in [2.24, 2.45) is 5.18 Å². The van der Waals surface area contributed by atoms with Crippen LogP contribution in [-0.2, 0) is 0 Å². The van der Waals surface area contributed by atoms with Gasteiger partial charge in [0.1, 0.15) is 5.69 Å². The van der Waals surface area contributed by atoms with E-state index in [1.165, 1.54) is 18.3 Å². The average molecular weight is 247 g/mol. The zero-order chi connectivity index (χ0) is 13.3. The quantitative estimate of drug-likeness (QED) is 0.786. The van der Waals surface area contributed by atoms with Crippen LogP contribution in [0.4, 0.5) is 11.5 Å². The van der Waals surface area contributed by atoms with Crippen LogP contribution in [0.1, 0.15) is 16.1 Å². The number of nitroso groups, excluding NO2 is 1. The predicted octanol–water partition coefficient (Wildman–Crippen LogP) is 1.25. The first kappa shape index (κ1) is 11.7. The first-order chi connectivity index (χ1) is 8.54. The molecule has 18 heavy (non-hydrogen) atoms. The molecule has 0 amide bonds. The normalized spacial score (nSPS) is 10.3. The molecule has 2 aromatic rings. The minimum atomic E-state index is -1.10. The maximum absolute atomic E-state index is 10.8. The monoisotopic (exact) mass is 247 g/mol. The number of hydrogen-bond donors (Lipinski definition) is 2. The number of nitrogens with zero attached hydrogens (tertiary/aromatic N) is 4. The molecule has 0 aliphatic rings. The molecule has 2 aromatic heterocycles. The molecule has 0 fully saturated rings. The second kappa shape index (κ2) is 4.24. The molecule has 8 heteroatoms. The number of carboxylic acid groups (broad SMARTS) is 1. The number of nitrogen functional groups attached to an aromatic ring is 1. The van der Waals surface area contributed by atoms with Gasteiger partial charge in [-0.25, -0.2) is 9.78 Å². The van der Waals surface area contributed by atoms with Gasteiger partial charge in [-0.2, -0.15) is 9.78 Å². The number of nitrogens with two attached hydrogens (primary N) is 1. The Hall–Kier alpha value is -2.77. The highest BCUT2D eigenvalue weighted by Gasteiger charge is 2.16. The summed E-state index contributed by atoms with van der Waals surface area (Å²) in [7, 11) is 0. The molecule has 0 atom stereocenters. The highest BCUT2D eigenvalue weighted by molar-refractivity contribution is 5.88. The SMILES string of the molecule is Cc1nn(-c2cc(C(=O)O)ccn2)c(N=O)c1N. The lowest BCUT2D eigenvalue weighted by Crippen LogP contribution is -2.03. The Morgan fingerprint density at radius 2 is 2.28 bits per heavy atom. The lowest BCUT2D eigenvalue weighted by molar-refractivity contribution is 0.0696. The van der Waals surface area contributed by atoms with E-state index >= 15 is 0 Å². The number of carboxylic acids is 1. The van der Waals surface area contributed by atoms with Crippen LogP contribution in [0.25, 0.3) is 5.82 Å². The fourth-order valence-corrected chi connectivity index (χ4v) is 1.44. The van der Waals surface area contributed by atoms with E-state index in [-0.39, 0.29) is 22.9 Å². The summed E-state index contributed by atoms with van der Waals surface area (Å²) in [5.41, 5.74) is 6.23. The number of rotatable bonds is 3. The van der Waals surface area contributed by atoms with Gasteiger partial charge in [-0.1, -0.05) is 0 Å². The minimum Gasteiger partial charge on any atom is -0.478 e. The first-order valence-corrected chi connectivity index (χ1v) is 4.92. The number of carbonyl (C=O) groups is 1. The van der Waals surface area contributed by atoms with Crippen molar-refractivity contribution < 1.29 is 9.90 Å². The number of pyridine rings is 1. The molecule has 0 unspecified atom stereocenters. The van der Waals surface area contributed by atoms with Gasteiger partial charge in [-0.05, 0) is 24.2 Å². The molecule has 0 radical (unpaired) electrons. The Kier molecular flexibility index (Phi) is 2.76. The Labute approximate surface area is 101 Å². The van der Waals surface area contributed by atoms with Crippen LogP contribution >= 0.6 is 0 Å². The van der Waals surface area contributed by atoms with E-state index in [0.717, 1.165) is 4.68 Å². The Balaban J connectivity index is 2.62. The first-order valence-electron chi connectivity index (χ1n) is 4.92. The van der Waals surface area contributed by atoms with Gasteiger partial charge in [0.15, 0.2) is 5.82 Å². The molecule has 2 rings (SSSR count). The van der Waals surface area contributed by atoms with Crippen molar-refractivity contribution in [3.8, 4) is 5.82 Å². The van der Waals surface area contributed by atoms with Crippen molar-refractivity contribution in [2.75, 3.05) is 5.73 Å². The summed E-state index contributed by atoms with van der Waals surface area (Å²) in [6.45, 7) is 1.61. The highest BCUT2D eigenvalue weighted by Crippen LogP contribution is 2.27. The molecule has 0 spiro atoms. The Morgan fingerprint density at radius 3 is 2.89 bits per heavy atom. The third-order valence-electron chi connectivity index (χ3n) is 2.38. The average Bonchev–Trinajstić information content (AvgIpc) is 2.65. The fourth-order valence-electron chi connectivity index (χ4n) is 1.44. The van der Waals surface area contributed by atoms with Gasteiger partial charge in [0.05, 0.1) is 11.3 Å². The molecule has 8 nitrogen and oxygen atoms in total. The molecule has 0 aliphatic carbocycles. The van der Waals surface area contributed by atoms with Crippen molar-refractivity contribution in [3.63, 3.8) is 0 Å². The van der Waals surface area contributed by atoms with Gasteiger partial charge in [-0.15, -0.1) is 4.91 Å². The molecular formula is C10H9N5O3. The van der Waals surface area contributed by atoms with Crippen molar-refractivity contribution in [1.29, 1.82) is 0 Å². The predicted molar refractivity (Wildman–Crippen MR) is 62.9 cm³/mol. The van der Waals surface area contributed by atoms with Crippen LogP contribution in [-0.4, -0.2) is 25.8 Å². The standard InChI is InChI=1S/C10H9N5O3/c1-5-8(11)9(14-18)15(13-5)7-4-6(10(16)17)2-3-12-7/h2-4H,11H2,1H3,(H,16,17). The van der Waals surface area contributed by atoms with E-state index in [0.29, 0.717) is 5.69 Å². The third-order valence-corrected chi connectivity index (χ3v) is 2.38. The number of aromatic carboxylic acids is 1. The van der Waals surface area contributed by atoms with E-state index in [4.69, 9.17) is 10.8 Å². The van der Waals surface area contributed by atoms with Crippen molar-refractivity contribution in [2.45, 2.75) is 6.92 Å². The van der Waals surface area contributed by atoms with Gasteiger partial charge in [0.2, 0.25) is 5.82 Å². The van der Waals surface area contributed by atoms with Crippen LogP contribution in [0, 0.1) is 11.8 Å². The van der Waals surface area contributed by atoms with Crippen molar-refractivity contribution in [3.05, 3.63) is 34.5 Å². The van der Waals surface area contributed by atoms with Gasteiger partial charge in [0, 0.05) is 6.20 Å². The zero-order valence-corrected chi connectivity index (χ0v) is 9.36. The summed E-state index contributed by atoms with van der Waals surface area (Å²) < 4.78 is 1.12. The maximum Gasteiger partial charge on any atom is 0.335 e. The molecule has 0 aliphatic heterocycles. The van der Waals surface area contributed by atoms with Crippen LogP contribution in [0.15, 0.2) is 23.5 Å². The molecular weight excluding hydrogens is 238 g/mol. The van der Waals surface area contributed by atoms with Crippen LogP contribution < -0.4 is 5.73 Å². The van der Waals surface area contributed by atoms with Crippen molar-refractivity contribution >= 4 is 17.5 Å². The van der Waals surface area contributed by atoms with E-state index in [9.17, 15) is 9.70 Å². The van der Waals surface area contributed by atoms with E-state index in [1.54, 1.807) is 6.92 Å². The lowest BCUT2D eigenvalue weighted by Gasteiger charge is -2.02. The lowest BCUT2D eigenvalue weighted by atomic mass is 10.2. The second-order valence-corrected chi connectivity index (χ2v) is 3.53. The smallest absolute Gasteiger partial charge is 0.335 e. The molecule has 92 valence electrons. The van der Waals surface area contributed by atoms with Gasteiger partial charge < -0.3 is 10.8 Å². The number of anilines is 1. The summed E-state index contributed by atoms with van der Waals surface area (Å²) in [4.78, 5) is 25.5. The Bertz CT molecular complexity index is 634.